The topological polar surface area (TPSA) is 67.8 Å². The first-order valence-corrected chi connectivity index (χ1v) is 7.46. The standard InChI is InChI=1S/C16H23NO4/c1-2-12-5-3-4-6-15(12)20-11-16(19)17-9-13-7-8-14(10-18)21-13/h3-6,13-14,18H,2,7-11H2,1H3,(H,17,19)/t13-,14+/m1/s1. The first-order valence-electron chi connectivity index (χ1n) is 7.46. The fourth-order valence-electron chi connectivity index (χ4n) is 2.42. The fraction of sp³-hybridized carbons (Fsp3) is 0.562. The highest BCUT2D eigenvalue weighted by Crippen LogP contribution is 2.19. The van der Waals surface area contributed by atoms with E-state index in [2.05, 4.69) is 12.2 Å². The third-order valence-electron chi connectivity index (χ3n) is 3.64. The highest BCUT2D eigenvalue weighted by molar-refractivity contribution is 5.77. The summed E-state index contributed by atoms with van der Waals surface area (Å²) < 4.78 is 11.1. The van der Waals surface area contributed by atoms with Crippen molar-refractivity contribution < 1.29 is 19.4 Å². The SMILES string of the molecule is CCc1ccccc1OCC(=O)NC[C@H]1CC[C@@H](CO)O1. The molecule has 5 heteroatoms. The Kier molecular flexibility index (Phi) is 6.02. The number of benzene rings is 1. The summed E-state index contributed by atoms with van der Waals surface area (Å²) in [6.07, 6.45) is 2.49. The molecule has 0 radical (unpaired) electrons. The quantitative estimate of drug-likeness (QED) is 0.795. The minimum atomic E-state index is -0.156. The number of para-hydroxylation sites is 1. The van der Waals surface area contributed by atoms with Crippen LogP contribution in [0.2, 0.25) is 0 Å². The van der Waals surface area contributed by atoms with E-state index in [1.54, 1.807) is 0 Å². The molecule has 0 bridgehead atoms. The van der Waals surface area contributed by atoms with Crippen LogP contribution in [0.5, 0.6) is 5.75 Å². The zero-order valence-electron chi connectivity index (χ0n) is 12.4. The van der Waals surface area contributed by atoms with E-state index in [0.717, 1.165) is 30.6 Å². The monoisotopic (exact) mass is 293 g/mol. The van der Waals surface area contributed by atoms with Gasteiger partial charge >= 0.3 is 0 Å². The number of hydrogen-bond acceptors (Lipinski definition) is 4. The maximum Gasteiger partial charge on any atom is 0.258 e. The van der Waals surface area contributed by atoms with E-state index in [1.807, 2.05) is 24.3 Å². The number of aliphatic hydroxyl groups is 1. The zero-order valence-corrected chi connectivity index (χ0v) is 12.4. The van der Waals surface area contributed by atoms with Gasteiger partial charge in [0.2, 0.25) is 0 Å². The number of aliphatic hydroxyl groups excluding tert-OH is 1. The predicted octanol–water partition coefficient (Wildman–Crippen LogP) is 1.28. The lowest BCUT2D eigenvalue weighted by Gasteiger charge is -2.14. The largest absolute Gasteiger partial charge is 0.483 e. The lowest BCUT2D eigenvalue weighted by atomic mass is 10.1. The van der Waals surface area contributed by atoms with Crippen LogP contribution in [0.25, 0.3) is 0 Å². The first kappa shape index (κ1) is 15.8. The Morgan fingerprint density at radius 3 is 2.86 bits per heavy atom. The number of amides is 1. The summed E-state index contributed by atoms with van der Waals surface area (Å²) in [4.78, 5) is 11.8. The van der Waals surface area contributed by atoms with E-state index >= 15 is 0 Å². The van der Waals surface area contributed by atoms with E-state index in [9.17, 15) is 4.79 Å². The van der Waals surface area contributed by atoms with Crippen LogP contribution in [-0.2, 0) is 16.0 Å². The van der Waals surface area contributed by atoms with Gasteiger partial charge in [-0.15, -0.1) is 0 Å². The molecule has 21 heavy (non-hydrogen) atoms. The van der Waals surface area contributed by atoms with Gasteiger partial charge in [0.1, 0.15) is 5.75 Å². The Balaban J connectivity index is 1.70. The minimum Gasteiger partial charge on any atom is -0.483 e. The molecule has 2 atom stereocenters. The van der Waals surface area contributed by atoms with Gasteiger partial charge in [-0.05, 0) is 30.9 Å². The summed E-state index contributed by atoms with van der Waals surface area (Å²) in [5.41, 5.74) is 1.09. The smallest absolute Gasteiger partial charge is 0.258 e. The van der Waals surface area contributed by atoms with Crippen molar-refractivity contribution in [1.82, 2.24) is 5.32 Å². The summed E-state index contributed by atoms with van der Waals surface area (Å²) in [5.74, 6) is 0.601. The number of aryl methyl sites for hydroxylation is 1. The molecular weight excluding hydrogens is 270 g/mol. The molecule has 1 aromatic rings. The maximum absolute atomic E-state index is 11.8. The molecule has 116 valence electrons. The number of hydrogen-bond donors (Lipinski definition) is 2. The van der Waals surface area contributed by atoms with Gasteiger partial charge in [0, 0.05) is 6.54 Å². The van der Waals surface area contributed by atoms with Crippen LogP contribution < -0.4 is 10.1 Å². The molecule has 0 saturated carbocycles. The minimum absolute atomic E-state index is 0.00553. The van der Waals surface area contributed by atoms with E-state index in [-0.39, 0.29) is 31.3 Å². The van der Waals surface area contributed by atoms with Crippen LogP contribution in [0.3, 0.4) is 0 Å². The summed E-state index contributed by atoms with van der Waals surface area (Å²) in [6, 6.07) is 7.72. The molecule has 0 spiro atoms. The molecule has 2 rings (SSSR count). The second kappa shape index (κ2) is 8.00. The van der Waals surface area contributed by atoms with Crippen LogP contribution in [0, 0.1) is 0 Å². The Hall–Kier alpha value is -1.59. The van der Waals surface area contributed by atoms with Gasteiger partial charge in [-0.1, -0.05) is 25.1 Å². The summed E-state index contributed by atoms with van der Waals surface area (Å²) in [6.45, 7) is 2.57. The normalized spacial score (nSPS) is 21.2. The lowest BCUT2D eigenvalue weighted by Crippen LogP contribution is -2.35. The van der Waals surface area contributed by atoms with Crippen molar-refractivity contribution in [2.45, 2.75) is 38.4 Å². The Morgan fingerprint density at radius 2 is 2.14 bits per heavy atom. The molecule has 0 aromatic heterocycles. The van der Waals surface area contributed by atoms with E-state index in [0.29, 0.717) is 6.54 Å². The van der Waals surface area contributed by atoms with Crippen LogP contribution in [0.1, 0.15) is 25.3 Å². The van der Waals surface area contributed by atoms with Crippen molar-refractivity contribution in [2.24, 2.45) is 0 Å². The number of nitrogens with one attached hydrogen (secondary N) is 1. The number of ether oxygens (including phenoxy) is 2. The molecule has 1 aliphatic rings. The molecule has 1 fully saturated rings. The van der Waals surface area contributed by atoms with E-state index in [1.165, 1.54) is 0 Å². The summed E-state index contributed by atoms with van der Waals surface area (Å²) in [5, 5.41) is 11.8. The third-order valence-corrected chi connectivity index (χ3v) is 3.64. The molecular formula is C16H23NO4. The third kappa shape index (κ3) is 4.72. The molecule has 1 aromatic carbocycles. The number of rotatable bonds is 7. The van der Waals surface area contributed by atoms with Crippen molar-refractivity contribution in [2.75, 3.05) is 19.8 Å². The van der Waals surface area contributed by atoms with Crippen LogP contribution in [0.4, 0.5) is 0 Å². The summed E-state index contributed by atoms with van der Waals surface area (Å²) in [7, 11) is 0. The van der Waals surface area contributed by atoms with Crippen molar-refractivity contribution in [3.8, 4) is 5.75 Å². The molecule has 5 nitrogen and oxygen atoms in total. The Bertz CT molecular complexity index is 463. The highest BCUT2D eigenvalue weighted by Gasteiger charge is 2.24. The molecule has 2 N–H and O–H groups in total. The Morgan fingerprint density at radius 1 is 1.38 bits per heavy atom. The van der Waals surface area contributed by atoms with Gasteiger partial charge in [-0.3, -0.25) is 4.79 Å². The molecule has 1 amide bonds. The van der Waals surface area contributed by atoms with Crippen molar-refractivity contribution >= 4 is 5.91 Å². The molecule has 1 saturated heterocycles. The first-order chi connectivity index (χ1) is 10.2. The molecule has 1 heterocycles. The number of carbonyl (C=O) groups is 1. The molecule has 1 aliphatic heterocycles. The second-order valence-electron chi connectivity index (χ2n) is 5.19. The average Bonchev–Trinajstić information content (AvgIpc) is 2.99. The second-order valence-corrected chi connectivity index (χ2v) is 5.19. The maximum atomic E-state index is 11.8. The van der Waals surface area contributed by atoms with Crippen molar-refractivity contribution in [1.29, 1.82) is 0 Å². The molecule has 0 aliphatic carbocycles. The van der Waals surface area contributed by atoms with Gasteiger partial charge in [-0.25, -0.2) is 0 Å². The van der Waals surface area contributed by atoms with Crippen molar-refractivity contribution in [3.63, 3.8) is 0 Å². The van der Waals surface area contributed by atoms with Gasteiger partial charge in [0.25, 0.3) is 5.91 Å². The van der Waals surface area contributed by atoms with Gasteiger partial charge in [-0.2, -0.15) is 0 Å². The highest BCUT2D eigenvalue weighted by atomic mass is 16.5. The van der Waals surface area contributed by atoms with Crippen molar-refractivity contribution in [3.05, 3.63) is 29.8 Å². The van der Waals surface area contributed by atoms with Gasteiger partial charge in [0.15, 0.2) is 6.61 Å². The van der Waals surface area contributed by atoms with Crippen LogP contribution in [-0.4, -0.2) is 43.0 Å². The molecule has 0 unspecified atom stereocenters. The van der Waals surface area contributed by atoms with Gasteiger partial charge < -0.3 is 19.9 Å². The van der Waals surface area contributed by atoms with Crippen LogP contribution >= 0.6 is 0 Å². The van der Waals surface area contributed by atoms with E-state index < -0.39 is 0 Å². The fourth-order valence-corrected chi connectivity index (χ4v) is 2.42. The predicted molar refractivity (Wildman–Crippen MR) is 79.3 cm³/mol. The van der Waals surface area contributed by atoms with Gasteiger partial charge in [0.05, 0.1) is 18.8 Å². The lowest BCUT2D eigenvalue weighted by molar-refractivity contribution is -0.123. The summed E-state index contributed by atoms with van der Waals surface area (Å²) >= 11 is 0. The van der Waals surface area contributed by atoms with E-state index in [4.69, 9.17) is 14.6 Å². The Labute approximate surface area is 125 Å². The zero-order chi connectivity index (χ0) is 15.1. The number of carbonyl (C=O) groups excluding carboxylic acids is 1. The van der Waals surface area contributed by atoms with Crippen LogP contribution in [0.15, 0.2) is 24.3 Å². The average molecular weight is 293 g/mol.